The van der Waals surface area contributed by atoms with E-state index in [1.807, 2.05) is 24.3 Å². The average Bonchev–Trinajstić information content (AvgIpc) is 2.82. The lowest BCUT2D eigenvalue weighted by atomic mass is 10.1. The van der Waals surface area contributed by atoms with E-state index in [2.05, 4.69) is 26.7 Å². The van der Waals surface area contributed by atoms with E-state index in [-0.39, 0.29) is 12.0 Å². The Labute approximate surface area is 109 Å². The third-order valence-corrected chi connectivity index (χ3v) is 3.44. The molecule has 0 bridgehead atoms. The summed E-state index contributed by atoms with van der Waals surface area (Å²) in [6, 6.07) is 7.67. The molecule has 1 aromatic rings. The van der Waals surface area contributed by atoms with Gasteiger partial charge in [0.15, 0.2) is 0 Å². The van der Waals surface area contributed by atoms with Crippen molar-refractivity contribution in [2.45, 2.75) is 18.9 Å². The number of nitrogens with one attached hydrogen (secondary N) is 2. The summed E-state index contributed by atoms with van der Waals surface area (Å²) in [6.45, 7) is 1.75. The Hall–Kier alpha value is -0.910. The van der Waals surface area contributed by atoms with Crippen molar-refractivity contribution in [2.75, 3.05) is 13.1 Å². The van der Waals surface area contributed by atoms with Gasteiger partial charge in [0, 0.05) is 11.0 Å². The molecule has 1 aliphatic rings. The number of hydrogen-bond donors (Lipinski definition) is 2. The van der Waals surface area contributed by atoms with Gasteiger partial charge in [0.05, 0.1) is 12.5 Å². The van der Waals surface area contributed by atoms with Gasteiger partial charge in [-0.3, -0.25) is 9.63 Å². The lowest BCUT2D eigenvalue weighted by molar-refractivity contribution is -0.136. The van der Waals surface area contributed by atoms with Crippen LogP contribution in [0, 0.1) is 0 Å². The number of halogens is 1. The number of carbonyl (C=O) groups is 1. The highest BCUT2D eigenvalue weighted by Crippen LogP contribution is 2.16. The van der Waals surface area contributed by atoms with Gasteiger partial charge >= 0.3 is 0 Å². The molecule has 1 saturated heterocycles. The number of hydroxylamine groups is 1. The second kappa shape index (κ2) is 6.14. The zero-order chi connectivity index (χ0) is 12.1. The molecule has 1 amide bonds. The van der Waals surface area contributed by atoms with Crippen molar-refractivity contribution in [1.82, 2.24) is 10.8 Å². The molecule has 1 aromatic carbocycles. The predicted octanol–water partition coefficient (Wildman–Crippen LogP) is 1.40. The molecule has 17 heavy (non-hydrogen) atoms. The van der Waals surface area contributed by atoms with Crippen molar-refractivity contribution in [2.24, 2.45) is 0 Å². The van der Waals surface area contributed by atoms with E-state index < -0.39 is 0 Å². The SMILES string of the molecule is O=C(Cc1ccccc1Br)NOC1CCNC1. The first kappa shape index (κ1) is 12.5. The van der Waals surface area contributed by atoms with Gasteiger partial charge in [-0.25, -0.2) is 5.48 Å². The third kappa shape index (κ3) is 3.80. The smallest absolute Gasteiger partial charge is 0.248 e. The molecular formula is C12H15BrN2O2. The minimum absolute atomic E-state index is 0.0955. The Morgan fingerprint density at radius 2 is 2.35 bits per heavy atom. The van der Waals surface area contributed by atoms with Crippen LogP contribution in [0.15, 0.2) is 28.7 Å². The monoisotopic (exact) mass is 298 g/mol. The largest absolute Gasteiger partial charge is 0.314 e. The molecule has 0 saturated carbocycles. The first-order valence-electron chi connectivity index (χ1n) is 5.64. The molecule has 0 aromatic heterocycles. The Bertz CT molecular complexity index is 392. The van der Waals surface area contributed by atoms with Crippen molar-refractivity contribution in [3.05, 3.63) is 34.3 Å². The number of hydrogen-bond acceptors (Lipinski definition) is 3. The average molecular weight is 299 g/mol. The summed E-state index contributed by atoms with van der Waals surface area (Å²) in [5, 5.41) is 3.17. The third-order valence-electron chi connectivity index (χ3n) is 2.66. The second-order valence-corrected chi connectivity index (χ2v) is 4.88. The molecule has 1 aliphatic heterocycles. The Morgan fingerprint density at radius 1 is 1.53 bits per heavy atom. The maximum Gasteiger partial charge on any atom is 0.248 e. The van der Waals surface area contributed by atoms with Crippen LogP contribution in [0.4, 0.5) is 0 Å². The summed E-state index contributed by atoms with van der Waals surface area (Å²) in [7, 11) is 0. The summed E-state index contributed by atoms with van der Waals surface area (Å²) in [5.41, 5.74) is 3.46. The first-order valence-corrected chi connectivity index (χ1v) is 6.43. The summed E-state index contributed by atoms with van der Waals surface area (Å²) in [4.78, 5) is 16.9. The van der Waals surface area contributed by atoms with Crippen LogP contribution in [-0.2, 0) is 16.1 Å². The summed E-state index contributed by atoms with van der Waals surface area (Å²) >= 11 is 3.41. The maximum absolute atomic E-state index is 11.6. The molecule has 92 valence electrons. The van der Waals surface area contributed by atoms with Crippen LogP contribution in [0.2, 0.25) is 0 Å². The number of rotatable bonds is 4. The fourth-order valence-electron chi connectivity index (χ4n) is 1.73. The van der Waals surface area contributed by atoms with E-state index in [9.17, 15) is 4.79 Å². The molecule has 4 nitrogen and oxygen atoms in total. The Kier molecular flexibility index (Phi) is 4.53. The van der Waals surface area contributed by atoms with Crippen molar-refractivity contribution >= 4 is 21.8 Å². The van der Waals surface area contributed by atoms with Crippen LogP contribution < -0.4 is 10.8 Å². The lowest BCUT2D eigenvalue weighted by Gasteiger charge is -2.11. The van der Waals surface area contributed by atoms with Crippen LogP contribution in [0.1, 0.15) is 12.0 Å². The molecule has 0 aliphatic carbocycles. The minimum Gasteiger partial charge on any atom is -0.314 e. The van der Waals surface area contributed by atoms with Crippen LogP contribution in [0.25, 0.3) is 0 Å². The Balaban J connectivity index is 1.79. The van der Waals surface area contributed by atoms with Gasteiger partial charge < -0.3 is 5.32 Å². The molecule has 2 N–H and O–H groups in total. The number of amides is 1. The van der Waals surface area contributed by atoms with Crippen molar-refractivity contribution in [3.8, 4) is 0 Å². The van der Waals surface area contributed by atoms with E-state index in [0.29, 0.717) is 6.42 Å². The normalized spacial score (nSPS) is 19.2. The summed E-state index contributed by atoms with van der Waals surface area (Å²) in [5.74, 6) is -0.121. The lowest BCUT2D eigenvalue weighted by Crippen LogP contribution is -2.31. The highest BCUT2D eigenvalue weighted by molar-refractivity contribution is 9.10. The summed E-state index contributed by atoms with van der Waals surface area (Å²) in [6.07, 6.45) is 1.36. The Morgan fingerprint density at radius 3 is 3.06 bits per heavy atom. The molecular weight excluding hydrogens is 284 g/mol. The predicted molar refractivity (Wildman–Crippen MR) is 68.3 cm³/mol. The van der Waals surface area contributed by atoms with E-state index >= 15 is 0 Å². The first-order chi connectivity index (χ1) is 8.25. The van der Waals surface area contributed by atoms with Gasteiger partial charge in [0.2, 0.25) is 5.91 Å². The van der Waals surface area contributed by atoms with Crippen molar-refractivity contribution in [1.29, 1.82) is 0 Å². The van der Waals surface area contributed by atoms with Crippen molar-refractivity contribution < 1.29 is 9.63 Å². The molecule has 1 heterocycles. The van der Waals surface area contributed by atoms with Gasteiger partial charge in [-0.2, -0.15) is 0 Å². The van der Waals surface area contributed by atoms with E-state index in [1.54, 1.807) is 0 Å². The fourth-order valence-corrected chi connectivity index (χ4v) is 2.15. The standard InChI is InChI=1S/C12H15BrN2O2/c13-11-4-2-1-3-9(11)7-12(16)15-17-10-5-6-14-8-10/h1-4,10,14H,5-8H2,(H,15,16). The van der Waals surface area contributed by atoms with Crippen molar-refractivity contribution in [3.63, 3.8) is 0 Å². The molecule has 1 atom stereocenters. The van der Waals surface area contributed by atoms with Gasteiger partial charge in [0.1, 0.15) is 0 Å². The number of carbonyl (C=O) groups excluding carboxylic acids is 1. The van der Waals surface area contributed by atoms with Gasteiger partial charge in [-0.1, -0.05) is 34.1 Å². The van der Waals surface area contributed by atoms with Crippen LogP contribution in [0.5, 0.6) is 0 Å². The van der Waals surface area contributed by atoms with E-state index in [0.717, 1.165) is 29.5 Å². The second-order valence-electron chi connectivity index (χ2n) is 4.03. The highest BCUT2D eigenvalue weighted by atomic mass is 79.9. The summed E-state index contributed by atoms with van der Waals surface area (Å²) < 4.78 is 0.942. The zero-order valence-corrected chi connectivity index (χ0v) is 11.0. The van der Waals surface area contributed by atoms with Gasteiger partial charge in [-0.05, 0) is 24.6 Å². The number of benzene rings is 1. The highest BCUT2D eigenvalue weighted by Gasteiger charge is 2.16. The zero-order valence-electron chi connectivity index (χ0n) is 9.41. The fraction of sp³-hybridized carbons (Fsp3) is 0.417. The maximum atomic E-state index is 11.6. The molecule has 5 heteroatoms. The topological polar surface area (TPSA) is 50.4 Å². The quantitative estimate of drug-likeness (QED) is 0.826. The molecule has 0 radical (unpaired) electrons. The van der Waals surface area contributed by atoms with E-state index in [4.69, 9.17) is 4.84 Å². The van der Waals surface area contributed by atoms with E-state index in [1.165, 1.54) is 0 Å². The van der Waals surface area contributed by atoms with Gasteiger partial charge in [0.25, 0.3) is 0 Å². The van der Waals surface area contributed by atoms with Crippen LogP contribution in [-0.4, -0.2) is 25.1 Å². The van der Waals surface area contributed by atoms with Crippen LogP contribution in [0.3, 0.4) is 0 Å². The molecule has 2 rings (SSSR count). The van der Waals surface area contributed by atoms with Crippen LogP contribution >= 0.6 is 15.9 Å². The molecule has 1 unspecified atom stereocenters. The minimum atomic E-state index is -0.121. The molecule has 0 spiro atoms. The van der Waals surface area contributed by atoms with Gasteiger partial charge in [-0.15, -0.1) is 0 Å². The molecule has 1 fully saturated rings.